The number of nitrogens with zero attached hydrogens (tertiary/aromatic N) is 2. The predicted molar refractivity (Wildman–Crippen MR) is 82.1 cm³/mol. The maximum atomic E-state index is 13.6. The van der Waals surface area contributed by atoms with Gasteiger partial charge in [0.15, 0.2) is 0 Å². The Bertz CT molecular complexity index is 548. The highest BCUT2D eigenvalue weighted by atomic mass is 79.9. The monoisotopic (exact) mass is 339 g/mol. The van der Waals surface area contributed by atoms with Gasteiger partial charge in [0.1, 0.15) is 5.82 Å². The van der Waals surface area contributed by atoms with E-state index in [4.69, 9.17) is 0 Å². The molecule has 2 rings (SSSR count). The van der Waals surface area contributed by atoms with Crippen LogP contribution in [-0.4, -0.2) is 16.3 Å². The summed E-state index contributed by atoms with van der Waals surface area (Å²) in [7, 11) is 0. The van der Waals surface area contributed by atoms with E-state index in [1.807, 2.05) is 30.1 Å². The van der Waals surface area contributed by atoms with Crippen LogP contribution in [0.1, 0.15) is 37.4 Å². The highest BCUT2D eigenvalue weighted by Crippen LogP contribution is 2.25. The average Bonchev–Trinajstić information content (AvgIpc) is 2.87. The van der Waals surface area contributed by atoms with E-state index >= 15 is 0 Å². The minimum absolute atomic E-state index is 0.0396. The quantitative estimate of drug-likeness (QED) is 0.865. The van der Waals surface area contributed by atoms with Gasteiger partial charge >= 0.3 is 0 Å². The van der Waals surface area contributed by atoms with Crippen molar-refractivity contribution in [2.75, 3.05) is 6.54 Å². The Kier molecular flexibility index (Phi) is 5.31. The van der Waals surface area contributed by atoms with Crippen molar-refractivity contribution in [1.82, 2.24) is 15.1 Å². The molecule has 1 aromatic heterocycles. The summed E-state index contributed by atoms with van der Waals surface area (Å²) in [4.78, 5) is 0. The summed E-state index contributed by atoms with van der Waals surface area (Å²) in [6.45, 7) is 5.86. The molecule has 1 N–H and O–H groups in total. The third kappa shape index (κ3) is 3.67. The van der Waals surface area contributed by atoms with Crippen molar-refractivity contribution in [3.63, 3.8) is 0 Å². The Labute approximate surface area is 127 Å². The van der Waals surface area contributed by atoms with E-state index in [1.54, 1.807) is 6.07 Å². The van der Waals surface area contributed by atoms with Crippen LogP contribution in [-0.2, 0) is 6.54 Å². The van der Waals surface area contributed by atoms with Gasteiger partial charge in [-0.25, -0.2) is 4.39 Å². The van der Waals surface area contributed by atoms with Crippen molar-refractivity contribution < 1.29 is 4.39 Å². The summed E-state index contributed by atoms with van der Waals surface area (Å²) in [5.41, 5.74) is 1.96. The molecule has 3 nitrogen and oxygen atoms in total. The van der Waals surface area contributed by atoms with E-state index in [0.717, 1.165) is 35.1 Å². The SMILES string of the molecule is CCCNC(c1cc(F)cc(Br)c1)c1cnn(CC)c1. The van der Waals surface area contributed by atoms with E-state index < -0.39 is 0 Å². The van der Waals surface area contributed by atoms with Crippen molar-refractivity contribution in [3.05, 3.63) is 52.0 Å². The number of hydrogen-bond donors (Lipinski definition) is 1. The van der Waals surface area contributed by atoms with Crippen molar-refractivity contribution in [2.24, 2.45) is 0 Å². The fourth-order valence-electron chi connectivity index (χ4n) is 2.16. The maximum absolute atomic E-state index is 13.6. The Balaban J connectivity index is 2.35. The van der Waals surface area contributed by atoms with Gasteiger partial charge in [-0.2, -0.15) is 5.10 Å². The Morgan fingerprint density at radius 3 is 2.70 bits per heavy atom. The van der Waals surface area contributed by atoms with Crippen LogP contribution in [0.5, 0.6) is 0 Å². The molecule has 2 aromatic rings. The molecule has 0 amide bonds. The van der Waals surface area contributed by atoms with Crippen molar-refractivity contribution in [3.8, 4) is 0 Å². The van der Waals surface area contributed by atoms with Crippen LogP contribution in [0.2, 0.25) is 0 Å². The lowest BCUT2D eigenvalue weighted by molar-refractivity contribution is 0.583. The van der Waals surface area contributed by atoms with Gasteiger partial charge in [0, 0.05) is 22.8 Å². The molecule has 0 spiro atoms. The molecule has 1 atom stereocenters. The average molecular weight is 340 g/mol. The molecule has 0 fully saturated rings. The van der Waals surface area contributed by atoms with E-state index in [-0.39, 0.29) is 11.9 Å². The van der Waals surface area contributed by atoms with E-state index in [1.165, 1.54) is 6.07 Å². The topological polar surface area (TPSA) is 29.9 Å². The van der Waals surface area contributed by atoms with Crippen LogP contribution in [0.4, 0.5) is 4.39 Å². The molecule has 108 valence electrons. The first-order chi connectivity index (χ1) is 9.63. The number of benzene rings is 1. The van der Waals surface area contributed by atoms with Gasteiger partial charge in [-0.15, -0.1) is 0 Å². The van der Waals surface area contributed by atoms with E-state index in [9.17, 15) is 4.39 Å². The molecule has 1 aromatic carbocycles. The molecule has 1 unspecified atom stereocenters. The second kappa shape index (κ2) is 6.99. The van der Waals surface area contributed by atoms with Gasteiger partial charge in [-0.05, 0) is 43.7 Å². The summed E-state index contributed by atoms with van der Waals surface area (Å²) >= 11 is 3.35. The van der Waals surface area contributed by atoms with Crippen LogP contribution in [0.25, 0.3) is 0 Å². The second-order valence-corrected chi connectivity index (χ2v) is 5.63. The van der Waals surface area contributed by atoms with Gasteiger partial charge in [-0.1, -0.05) is 22.9 Å². The molecular weight excluding hydrogens is 321 g/mol. The van der Waals surface area contributed by atoms with Gasteiger partial charge in [0.25, 0.3) is 0 Å². The summed E-state index contributed by atoms with van der Waals surface area (Å²) in [6.07, 6.45) is 4.87. The van der Waals surface area contributed by atoms with Crippen LogP contribution in [0.3, 0.4) is 0 Å². The molecule has 0 saturated carbocycles. The zero-order valence-electron chi connectivity index (χ0n) is 11.7. The number of aryl methyl sites for hydroxylation is 1. The standard InChI is InChI=1S/C15H19BrFN3/c1-3-5-18-15(12-9-19-20(4-2)10-12)11-6-13(16)8-14(17)7-11/h6-10,15,18H,3-5H2,1-2H3. The summed E-state index contributed by atoms with van der Waals surface area (Å²) < 4.78 is 16.2. The molecule has 0 aliphatic heterocycles. The number of hydrogen-bond acceptors (Lipinski definition) is 2. The highest BCUT2D eigenvalue weighted by molar-refractivity contribution is 9.10. The first kappa shape index (κ1) is 15.2. The number of aromatic nitrogens is 2. The summed E-state index contributed by atoms with van der Waals surface area (Å²) in [5, 5.41) is 7.76. The largest absolute Gasteiger partial charge is 0.306 e. The predicted octanol–water partition coefficient (Wildman–Crippen LogP) is 3.89. The molecule has 20 heavy (non-hydrogen) atoms. The third-order valence-electron chi connectivity index (χ3n) is 3.13. The van der Waals surface area contributed by atoms with E-state index in [0.29, 0.717) is 0 Å². The Morgan fingerprint density at radius 2 is 2.10 bits per heavy atom. The molecule has 0 saturated heterocycles. The molecule has 0 aliphatic carbocycles. The van der Waals surface area contributed by atoms with Crippen LogP contribution < -0.4 is 5.32 Å². The van der Waals surface area contributed by atoms with Crippen LogP contribution in [0, 0.1) is 5.82 Å². The lowest BCUT2D eigenvalue weighted by Gasteiger charge is -2.18. The third-order valence-corrected chi connectivity index (χ3v) is 3.59. The second-order valence-electron chi connectivity index (χ2n) is 4.72. The zero-order valence-corrected chi connectivity index (χ0v) is 13.3. The number of rotatable bonds is 6. The zero-order chi connectivity index (χ0) is 14.5. The van der Waals surface area contributed by atoms with Gasteiger partial charge in [-0.3, -0.25) is 4.68 Å². The number of halogens is 2. The van der Waals surface area contributed by atoms with Crippen LogP contribution >= 0.6 is 15.9 Å². The first-order valence-corrected chi connectivity index (χ1v) is 7.65. The molecule has 1 heterocycles. The minimum atomic E-state index is -0.236. The fraction of sp³-hybridized carbons (Fsp3) is 0.400. The smallest absolute Gasteiger partial charge is 0.124 e. The normalized spacial score (nSPS) is 12.6. The van der Waals surface area contributed by atoms with Crippen molar-refractivity contribution >= 4 is 15.9 Å². The van der Waals surface area contributed by atoms with Gasteiger partial charge in [0.05, 0.1) is 12.2 Å². The fourth-order valence-corrected chi connectivity index (χ4v) is 2.64. The molecule has 0 bridgehead atoms. The van der Waals surface area contributed by atoms with Crippen molar-refractivity contribution in [2.45, 2.75) is 32.9 Å². The molecular formula is C15H19BrFN3. The van der Waals surface area contributed by atoms with Gasteiger partial charge in [0.2, 0.25) is 0 Å². The maximum Gasteiger partial charge on any atom is 0.124 e. The highest BCUT2D eigenvalue weighted by Gasteiger charge is 2.16. The molecule has 0 radical (unpaired) electrons. The Hall–Kier alpha value is -1.20. The Morgan fingerprint density at radius 1 is 1.30 bits per heavy atom. The number of nitrogens with one attached hydrogen (secondary N) is 1. The summed E-state index contributed by atoms with van der Waals surface area (Å²) in [6, 6.07) is 4.94. The summed E-state index contributed by atoms with van der Waals surface area (Å²) in [5.74, 6) is -0.236. The lowest BCUT2D eigenvalue weighted by atomic mass is 10.0. The lowest BCUT2D eigenvalue weighted by Crippen LogP contribution is -2.23. The molecule has 0 aliphatic rings. The van der Waals surface area contributed by atoms with Crippen LogP contribution in [0.15, 0.2) is 35.1 Å². The minimum Gasteiger partial charge on any atom is -0.306 e. The van der Waals surface area contributed by atoms with E-state index in [2.05, 4.69) is 33.3 Å². The molecule has 5 heteroatoms. The first-order valence-electron chi connectivity index (χ1n) is 6.85. The van der Waals surface area contributed by atoms with Crippen molar-refractivity contribution in [1.29, 1.82) is 0 Å². The van der Waals surface area contributed by atoms with Gasteiger partial charge < -0.3 is 5.32 Å².